The number of carbonyl (C=O) groups is 2. The van der Waals surface area contributed by atoms with Crippen molar-refractivity contribution >= 4 is 25.5 Å². The van der Waals surface area contributed by atoms with Gasteiger partial charge in [0.2, 0.25) is 11.9 Å². The summed E-state index contributed by atoms with van der Waals surface area (Å²) in [4.78, 5) is 25.5. The minimum absolute atomic E-state index is 0.00889. The Hall–Kier alpha value is -3.26. The molecule has 1 heterocycles. The van der Waals surface area contributed by atoms with E-state index in [0.717, 1.165) is 17.2 Å². The summed E-state index contributed by atoms with van der Waals surface area (Å²) in [6.45, 7) is 13.5. The quantitative estimate of drug-likeness (QED) is 0.366. The molecule has 1 atom stereocenters. The van der Waals surface area contributed by atoms with Crippen molar-refractivity contribution < 1.29 is 28.5 Å². The lowest BCUT2D eigenvalue weighted by molar-refractivity contribution is -0.134. The highest BCUT2D eigenvalue weighted by Crippen LogP contribution is 2.37. The van der Waals surface area contributed by atoms with Crippen molar-refractivity contribution in [2.75, 3.05) is 19.5 Å². The number of para-hydroxylation sites is 1. The van der Waals surface area contributed by atoms with Crippen LogP contribution in [0.25, 0.3) is 0 Å². The van der Waals surface area contributed by atoms with Crippen LogP contribution in [0.5, 0.6) is 17.2 Å². The van der Waals surface area contributed by atoms with Crippen molar-refractivity contribution in [3.8, 4) is 17.2 Å². The highest BCUT2D eigenvalue weighted by Gasteiger charge is 2.36. The number of benzene rings is 2. The normalized spacial score (nSPS) is 15.8. The van der Waals surface area contributed by atoms with Gasteiger partial charge >= 0.3 is 0 Å². The van der Waals surface area contributed by atoms with Gasteiger partial charge in [0.25, 0.3) is 11.9 Å². The highest BCUT2D eigenvalue weighted by atomic mass is 28.3. The van der Waals surface area contributed by atoms with Crippen LogP contribution in [-0.2, 0) is 19.7 Å². The molecule has 0 aliphatic carbocycles. The molecule has 0 fully saturated rings. The zero-order valence-corrected chi connectivity index (χ0v) is 22.8. The van der Waals surface area contributed by atoms with Crippen molar-refractivity contribution in [1.82, 2.24) is 0 Å². The molecular formula is C27H35NO6Si. The molecule has 2 aromatic rings. The number of hydrogen-bond acceptors (Lipinski definition) is 6. The highest BCUT2D eigenvalue weighted by molar-refractivity contribution is 6.76. The number of hydrogen-bond donors (Lipinski definition) is 1. The number of nitrogens with one attached hydrogen (secondary N) is 1. The van der Waals surface area contributed by atoms with E-state index in [2.05, 4.69) is 44.9 Å². The first-order chi connectivity index (χ1) is 16.3. The maximum atomic E-state index is 12.9. The van der Waals surface area contributed by atoms with E-state index in [1.165, 1.54) is 20.3 Å². The van der Waals surface area contributed by atoms with E-state index in [-0.39, 0.29) is 11.4 Å². The van der Waals surface area contributed by atoms with Crippen LogP contribution in [0.4, 0.5) is 5.69 Å². The lowest BCUT2D eigenvalue weighted by Crippen LogP contribution is -2.33. The van der Waals surface area contributed by atoms with E-state index in [1.807, 2.05) is 19.1 Å². The van der Waals surface area contributed by atoms with Crippen molar-refractivity contribution in [3.63, 3.8) is 0 Å². The van der Waals surface area contributed by atoms with E-state index >= 15 is 0 Å². The minimum atomic E-state index is -1.37. The number of rotatable bonds is 9. The summed E-state index contributed by atoms with van der Waals surface area (Å²) < 4.78 is 22.2. The molecule has 0 saturated carbocycles. The number of ether oxygens (including phenoxy) is 4. The molecule has 8 heteroatoms. The van der Waals surface area contributed by atoms with Crippen molar-refractivity contribution in [1.29, 1.82) is 0 Å². The predicted molar refractivity (Wildman–Crippen MR) is 139 cm³/mol. The second kappa shape index (κ2) is 10.2. The summed E-state index contributed by atoms with van der Waals surface area (Å²) >= 11 is 0. The average Bonchev–Trinajstić information content (AvgIpc) is 3.13. The molecule has 1 amide bonds. The fraction of sp³-hybridized carbons (Fsp3) is 0.407. The fourth-order valence-corrected chi connectivity index (χ4v) is 7.32. The molecule has 35 heavy (non-hydrogen) atoms. The number of anilines is 1. The van der Waals surface area contributed by atoms with Crippen molar-refractivity contribution in [2.24, 2.45) is 0 Å². The summed E-state index contributed by atoms with van der Waals surface area (Å²) in [5, 5.41) is 2.68. The molecule has 3 rings (SSSR count). The maximum absolute atomic E-state index is 12.9. The van der Waals surface area contributed by atoms with Gasteiger partial charge in [0.15, 0.2) is 0 Å². The van der Waals surface area contributed by atoms with Gasteiger partial charge < -0.3 is 24.3 Å². The zero-order chi connectivity index (χ0) is 26.0. The Kier molecular flexibility index (Phi) is 7.64. The van der Waals surface area contributed by atoms with Crippen molar-refractivity contribution in [2.45, 2.75) is 58.0 Å². The topological polar surface area (TPSA) is 83.1 Å². The van der Waals surface area contributed by atoms with Gasteiger partial charge in [-0.25, -0.2) is 0 Å². The number of amides is 1. The number of methoxy groups -OCH3 is 2. The fourth-order valence-electron chi connectivity index (χ4n) is 4.47. The molecule has 0 bridgehead atoms. The van der Waals surface area contributed by atoms with Crippen LogP contribution in [0, 0.1) is 6.92 Å². The molecule has 1 N–H and O–H groups in total. The van der Waals surface area contributed by atoms with Crippen LogP contribution in [0.2, 0.25) is 25.7 Å². The average molecular weight is 498 g/mol. The van der Waals surface area contributed by atoms with Gasteiger partial charge in [-0.05, 0) is 47.7 Å². The summed E-state index contributed by atoms with van der Waals surface area (Å²) in [7, 11) is 1.66. The first-order valence-electron chi connectivity index (χ1n) is 11.6. The lowest BCUT2D eigenvalue weighted by atomic mass is 9.86. The van der Waals surface area contributed by atoms with Gasteiger partial charge in [0.1, 0.15) is 22.9 Å². The molecule has 7 nitrogen and oxygen atoms in total. The summed E-state index contributed by atoms with van der Waals surface area (Å²) in [5.74, 6) is 0.249. The summed E-state index contributed by atoms with van der Waals surface area (Å²) in [5.41, 5.74) is 2.36. The molecule has 0 aromatic heterocycles. The summed E-state index contributed by atoms with van der Waals surface area (Å²) in [6, 6.07) is 12.3. The minimum Gasteiger partial charge on any atom is -0.494 e. The molecule has 1 aliphatic rings. The van der Waals surface area contributed by atoms with Gasteiger partial charge in [-0.3, -0.25) is 9.59 Å². The molecule has 1 unspecified atom stereocenters. The second-order valence-corrected chi connectivity index (χ2v) is 16.1. The van der Waals surface area contributed by atoms with Crippen molar-refractivity contribution in [3.05, 3.63) is 59.5 Å². The first kappa shape index (κ1) is 26.3. The monoisotopic (exact) mass is 497 g/mol. The van der Waals surface area contributed by atoms with Crippen LogP contribution in [0.15, 0.2) is 48.4 Å². The third-order valence-corrected chi connectivity index (χ3v) is 7.76. The second-order valence-electron chi connectivity index (χ2n) is 10.6. The smallest absolute Gasteiger partial charge is 0.289 e. The third-order valence-electron chi connectivity index (χ3n) is 5.82. The van der Waals surface area contributed by atoms with Crippen LogP contribution in [0.3, 0.4) is 0 Å². The first-order valence-corrected chi connectivity index (χ1v) is 15.3. The SMILES string of the molecule is COc1cccc(OC)c1NC(=O)C1OC(Oc2cc(C(C)(C)C[Si](C)(C)C)ccc2C)=CC1=O. The van der Waals surface area contributed by atoms with E-state index in [0.29, 0.717) is 22.9 Å². The number of carbonyl (C=O) groups excluding carboxylic acids is 2. The predicted octanol–water partition coefficient (Wildman–Crippen LogP) is 5.45. The molecule has 0 radical (unpaired) electrons. The van der Waals surface area contributed by atoms with Gasteiger partial charge in [-0.15, -0.1) is 0 Å². The molecule has 0 spiro atoms. The van der Waals surface area contributed by atoms with Gasteiger partial charge in [-0.2, -0.15) is 0 Å². The van der Waals surface area contributed by atoms with Crippen LogP contribution < -0.4 is 19.5 Å². The molecule has 2 aromatic carbocycles. The standard InChI is InChI=1S/C27H35NO6Si/c1-17-12-13-18(27(2,3)16-35(6,7)8)14-22(17)33-23-15-19(29)25(34-23)26(30)28-24-20(31-4)10-9-11-21(24)32-5/h9-15,25H,16H2,1-8H3,(H,28,30). The molecule has 0 saturated heterocycles. The third kappa shape index (κ3) is 6.25. The van der Waals surface area contributed by atoms with E-state index in [9.17, 15) is 9.59 Å². The Morgan fingerprint density at radius 2 is 1.69 bits per heavy atom. The number of ketones is 1. The molecular weight excluding hydrogens is 462 g/mol. The van der Waals surface area contributed by atoms with Crippen LogP contribution in [0.1, 0.15) is 25.0 Å². The van der Waals surface area contributed by atoms with Gasteiger partial charge in [0, 0.05) is 8.07 Å². The zero-order valence-electron chi connectivity index (χ0n) is 21.8. The Bertz CT molecular complexity index is 1130. The Morgan fingerprint density at radius 1 is 1.06 bits per heavy atom. The Morgan fingerprint density at radius 3 is 2.26 bits per heavy atom. The van der Waals surface area contributed by atoms with Gasteiger partial charge in [-0.1, -0.05) is 51.7 Å². The summed E-state index contributed by atoms with van der Waals surface area (Å²) in [6.07, 6.45) is -0.158. The van der Waals surface area contributed by atoms with Crippen LogP contribution >= 0.6 is 0 Å². The van der Waals surface area contributed by atoms with E-state index in [4.69, 9.17) is 18.9 Å². The van der Waals surface area contributed by atoms with E-state index < -0.39 is 25.9 Å². The van der Waals surface area contributed by atoms with Gasteiger partial charge in [0.05, 0.1) is 20.3 Å². The lowest BCUT2D eigenvalue weighted by Gasteiger charge is -2.32. The Balaban J connectivity index is 1.76. The largest absolute Gasteiger partial charge is 0.494 e. The molecule has 1 aliphatic heterocycles. The Labute approximate surface area is 208 Å². The van der Waals surface area contributed by atoms with Crippen LogP contribution in [-0.4, -0.2) is 40.1 Å². The maximum Gasteiger partial charge on any atom is 0.289 e. The van der Waals surface area contributed by atoms with E-state index in [1.54, 1.807) is 18.2 Å². The molecule has 188 valence electrons. The number of aryl methyl sites for hydroxylation is 1.